The lowest BCUT2D eigenvalue weighted by Gasteiger charge is -2.08. The fourth-order valence-corrected chi connectivity index (χ4v) is 2.45. The fraction of sp³-hybridized carbons (Fsp3) is 0.538. The summed E-state index contributed by atoms with van der Waals surface area (Å²) in [5, 5.41) is 0. The van der Waals surface area contributed by atoms with Crippen LogP contribution in [0.15, 0.2) is 29.2 Å². The maximum Gasteiger partial charge on any atom is 0.178 e. The lowest BCUT2D eigenvalue weighted by Crippen LogP contribution is -2.11. The van der Waals surface area contributed by atoms with Gasteiger partial charge in [-0.1, -0.05) is 26.0 Å². The quantitative estimate of drug-likeness (QED) is 0.846. The van der Waals surface area contributed by atoms with Crippen LogP contribution in [0.1, 0.15) is 25.8 Å². The van der Waals surface area contributed by atoms with E-state index in [1.54, 1.807) is 19.1 Å². The van der Waals surface area contributed by atoms with Crippen LogP contribution in [0.25, 0.3) is 0 Å². The van der Waals surface area contributed by atoms with Crippen LogP contribution in [0.5, 0.6) is 0 Å². The van der Waals surface area contributed by atoms with Crippen molar-refractivity contribution in [3.05, 3.63) is 29.8 Å². The Morgan fingerprint density at radius 1 is 1.24 bits per heavy atom. The molecule has 1 unspecified atom stereocenters. The Bertz CT molecular complexity index is 437. The molecule has 0 aromatic heterocycles. The SMILES string of the molecule is CCS(=O)(=O)c1ccc(CCC(C)CN)cc1. The number of nitrogens with two attached hydrogens (primary N) is 1. The average Bonchev–Trinajstić information content (AvgIpc) is 2.36. The van der Waals surface area contributed by atoms with Gasteiger partial charge in [-0.05, 0) is 43.0 Å². The molecule has 0 saturated heterocycles. The Morgan fingerprint density at radius 2 is 1.82 bits per heavy atom. The van der Waals surface area contributed by atoms with Gasteiger partial charge in [0.15, 0.2) is 9.84 Å². The topological polar surface area (TPSA) is 60.2 Å². The molecule has 4 heteroatoms. The first kappa shape index (κ1) is 14.2. The van der Waals surface area contributed by atoms with Gasteiger partial charge in [0.2, 0.25) is 0 Å². The molecule has 1 aromatic carbocycles. The lowest BCUT2D eigenvalue weighted by atomic mass is 10.0. The molecule has 0 saturated carbocycles. The van der Waals surface area contributed by atoms with Gasteiger partial charge >= 0.3 is 0 Å². The number of aryl methyl sites for hydroxylation is 1. The second-order valence-electron chi connectivity index (χ2n) is 4.43. The van der Waals surface area contributed by atoms with E-state index in [9.17, 15) is 8.42 Å². The van der Waals surface area contributed by atoms with E-state index in [-0.39, 0.29) is 5.75 Å². The molecule has 1 rings (SSSR count). The third-order valence-corrected chi connectivity index (χ3v) is 4.74. The summed E-state index contributed by atoms with van der Waals surface area (Å²) in [5.74, 6) is 0.658. The van der Waals surface area contributed by atoms with Crippen LogP contribution in [0, 0.1) is 5.92 Å². The van der Waals surface area contributed by atoms with E-state index in [0.29, 0.717) is 17.4 Å². The number of benzene rings is 1. The van der Waals surface area contributed by atoms with Gasteiger partial charge in [-0.3, -0.25) is 0 Å². The maximum atomic E-state index is 11.6. The predicted molar refractivity (Wildman–Crippen MR) is 70.7 cm³/mol. The van der Waals surface area contributed by atoms with Crippen LogP contribution in [0.4, 0.5) is 0 Å². The molecule has 1 atom stereocenters. The highest BCUT2D eigenvalue weighted by atomic mass is 32.2. The van der Waals surface area contributed by atoms with E-state index in [2.05, 4.69) is 6.92 Å². The van der Waals surface area contributed by atoms with Crippen LogP contribution in [-0.2, 0) is 16.3 Å². The van der Waals surface area contributed by atoms with E-state index in [0.717, 1.165) is 12.8 Å². The third kappa shape index (κ3) is 4.13. The molecule has 1 aromatic rings. The zero-order valence-electron chi connectivity index (χ0n) is 10.5. The van der Waals surface area contributed by atoms with Crippen molar-refractivity contribution in [1.82, 2.24) is 0 Å². The minimum Gasteiger partial charge on any atom is -0.330 e. The van der Waals surface area contributed by atoms with Crippen molar-refractivity contribution >= 4 is 9.84 Å². The Balaban J connectivity index is 2.69. The highest BCUT2D eigenvalue weighted by Gasteiger charge is 2.10. The van der Waals surface area contributed by atoms with Gasteiger partial charge in [-0.25, -0.2) is 8.42 Å². The minimum atomic E-state index is -3.07. The van der Waals surface area contributed by atoms with Crippen LogP contribution in [0.2, 0.25) is 0 Å². The Morgan fingerprint density at radius 3 is 2.29 bits per heavy atom. The van der Waals surface area contributed by atoms with Crippen molar-refractivity contribution in [2.24, 2.45) is 11.7 Å². The largest absolute Gasteiger partial charge is 0.330 e. The second-order valence-corrected chi connectivity index (χ2v) is 6.71. The normalized spacial score (nSPS) is 13.6. The molecule has 2 N–H and O–H groups in total. The lowest BCUT2D eigenvalue weighted by molar-refractivity contribution is 0.544. The fourth-order valence-electron chi connectivity index (χ4n) is 1.56. The number of hydrogen-bond acceptors (Lipinski definition) is 3. The highest BCUT2D eigenvalue weighted by Crippen LogP contribution is 2.14. The van der Waals surface area contributed by atoms with E-state index < -0.39 is 9.84 Å². The molecule has 0 fully saturated rings. The van der Waals surface area contributed by atoms with Gasteiger partial charge in [0.05, 0.1) is 10.6 Å². The van der Waals surface area contributed by atoms with Crippen LogP contribution >= 0.6 is 0 Å². The van der Waals surface area contributed by atoms with Crippen LogP contribution < -0.4 is 5.73 Å². The van der Waals surface area contributed by atoms with E-state index in [1.165, 1.54) is 5.56 Å². The summed E-state index contributed by atoms with van der Waals surface area (Å²) in [6.07, 6.45) is 1.99. The van der Waals surface area contributed by atoms with Gasteiger partial charge in [0.25, 0.3) is 0 Å². The number of rotatable bonds is 6. The Hall–Kier alpha value is -0.870. The van der Waals surface area contributed by atoms with Crippen molar-refractivity contribution < 1.29 is 8.42 Å². The van der Waals surface area contributed by atoms with Gasteiger partial charge in [-0.15, -0.1) is 0 Å². The van der Waals surface area contributed by atoms with E-state index >= 15 is 0 Å². The molecule has 0 spiro atoms. The highest BCUT2D eigenvalue weighted by molar-refractivity contribution is 7.91. The maximum absolute atomic E-state index is 11.6. The molecule has 0 aliphatic heterocycles. The van der Waals surface area contributed by atoms with E-state index in [4.69, 9.17) is 5.73 Å². The molecule has 0 amide bonds. The molecule has 0 aliphatic carbocycles. The average molecular weight is 255 g/mol. The zero-order chi connectivity index (χ0) is 12.9. The minimum absolute atomic E-state index is 0.149. The first-order valence-electron chi connectivity index (χ1n) is 6.01. The van der Waals surface area contributed by atoms with Crippen molar-refractivity contribution in [2.45, 2.75) is 31.6 Å². The summed E-state index contributed by atoms with van der Waals surface area (Å²) in [6.45, 7) is 4.48. The summed E-state index contributed by atoms with van der Waals surface area (Å²) in [7, 11) is -3.07. The smallest absolute Gasteiger partial charge is 0.178 e. The van der Waals surface area contributed by atoms with Gasteiger partial charge < -0.3 is 5.73 Å². The first-order chi connectivity index (χ1) is 7.99. The number of hydrogen-bond donors (Lipinski definition) is 1. The molecule has 3 nitrogen and oxygen atoms in total. The summed E-state index contributed by atoms with van der Waals surface area (Å²) >= 11 is 0. The standard InChI is InChI=1S/C13H21NO2S/c1-3-17(15,16)13-8-6-12(7-9-13)5-4-11(2)10-14/h6-9,11H,3-5,10,14H2,1-2H3. The van der Waals surface area contributed by atoms with Crippen molar-refractivity contribution in [3.8, 4) is 0 Å². The van der Waals surface area contributed by atoms with Gasteiger partial charge in [-0.2, -0.15) is 0 Å². The van der Waals surface area contributed by atoms with Gasteiger partial charge in [0, 0.05) is 0 Å². The Kier molecular flexibility index (Phi) is 5.15. The van der Waals surface area contributed by atoms with Crippen LogP contribution in [-0.4, -0.2) is 20.7 Å². The first-order valence-corrected chi connectivity index (χ1v) is 7.66. The molecular weight excluding hydrogens is 234 g/mol. The molecule has 0 radical (unpaired) electrons. The molecular formula is C13H21NO2S. The predicted octanol–water partition coefficient (Wildman–Crippen LogP) is 2.01. The summed E-state index contributed by atoms with van der Waals surface area (Å²) in [6, 6.07) is 7.18. The summed E-state index contributed by atoms with van der Waals surface area (Å²) in [4.78, 5) is 0.413. The molecule has 0 heterocycles. The molecule has 96 valence electrons. The van der Waals surface area contributed by atoms with E-state index in [1.807, 2.05) is 12.1 Å². The molecule has 0 aliphatic rings. The summed E-state index contributed by atoms with van der Waals surface area (Å²) in [5.41, 5.74) is 6.72. The molecule has 17 heavy (non-hydrogen) atoms. The van der Waals surface area contributed by atoms with Gasteiger partial charge in [0.1, 0.15) is 0 Å². The monoisotopic (exact) mass is 255 g/mol. The van der Waals surface area contributed by atoms with Crippen LogP contribution in [0.3, 0.4) is 0 Å². The van der Waals surface area contributed by atoms with Crippen molar-refractivity contribution in [1.29, 1.82) is 0 Å². The zero-order valence-corrected chi connectivity index (χ0v) is 11.3. The van der Waals surface area contributed by atoms with Crippen molar-refractivity contribution in [2.75, 3.05) is 12.3 Å². The number of sulfone groups is 1. The second kappa shape index (κ2) is 6.17. The third-order valence-electron chi connectivity index (χ3n) is 2.99. The van der Waals surface area contributed by atoms with Crippen molar-refractivity contribution in [3.63, 3.8) is 0 Å². The molecule has 0 bridgehead atoms. The summed E-state index contributed by atoms with van der Waals surface area (Å²) < 4.78 is 23.2. The Labute approximate surface area is 104 Å².